The van der Waals surface area contributed by atoms with Crippen molar-refractivity contribution >= 4 is 11.9 Å². The number of ether oxygens (including phenoxy) is 5. The van der Waals surface area contributed by atoms with Gasteiger partial charge in [-0.15, -0.1) is 0 Å². The van der Waals surface area contributed by atoms with E-state index in [1.54, 1.807) is 0 Å². The van der Waals surface area contributed by atoms with E-state index in [4.69, 9.17) is 23.7 Å². The van der Waals surface area contributed by atoms with Crippen molar-refractivity contribution in [3.05, 3.63) is 35.9 Å². The highest BCUT2D eigenvalue weighted by molar-refractivity contribution is 5.66. The second kappa shape index (κ2) is 12.9. The normalized spacial score (nSPS) is 27.8. The molecule has 3 rings (SSSR count). The molecule has 32 heavy (non-hydrogen) atoms. The Bertz CT molecular complexity index is 702. The molecule has 5 unspecified atom stereocenters. The van der Waals surface area contributed by atoms with Gasteiger partial charge in [0.05, 0.1) is 19.8 Å². The van der Waals surface area contributed by atoms with Crippen LogP contribution in [0.2, 0.25) is 0 Å². The third-order valence-electron chi connectivity index (χ3n) is 6.31. The lowest BCUT2D eigenvalue weighted by Crippen LogP contribution is -2.32. The topological polar surface area (TPSA) is 80.3 Å². The van der Waals surface area contributed by atoms with Crippen LogP contribution in [0.1, 0.15) is 51.5 Å². The minimum Gasteiger partial charge on any atom is -0.466 e. The second-order valence-electron chi connectivity index (χ2n) is 8.73. The summed E-state index contributed by atoms with van der Waals surface area (Å²) in [6, 6.07) is 10.0. The van der Waals surface area contributed by atoms with Crippen LogP contribution in [0.15, 0.2) is 30.3 Å². The van der Waals surface area contributed by atoms with E-state index in [9.17, 15) is 9.59 Å². The van der Waals surface area contributed by atoms with Crippen molar-refractivity contribution < 1.29 is 33.3 Å². The maximum atomic E-state index is 11.8. The van der Waals surface area contributed by atoms with E-state index in [-0.39, 0.29) is 42.1 Å². The molecule has 5 atom stereocenters. The summed E-state index contributed by atoms with van der Waals surface area (Å²) in [6.07, 6.45) is 4.00. The Labute approximate surface area is 190 Å². The van der Waals surface area contributed by atoms with Gasteiger partial charge in [-0.3, -0.25) is 9.59 Å². The zero-order valence-electron chi connectivity index (χ0n) is 19.2. The summed E-state index contributed by atoms with van der Waals surface area (Å²) in [5.41, 5.74) is 1.12. The van der Waals surface area contributed by atoms with Crippen molar-refractivity contribution in [1.82, 2.24) is 0 Å². The van der Waals surface area contributed by atoms with Crippen molar-refractivity contribution in [2.75, 3.05) is 26.4 Å². The van der Waals surface area contributed by atoms with Crippen molar-refractivity contribution in [1.29, 1.82) is 0 Å². The quantitative estimate of drug-likeness (QED) is 0.375. The highest BCUT2D eigenvalue weighted by Crippen LogP contribution is 2.42. The van der Waals surface area contributed by atoms with Gasteiger partial charge in [0.15, 0.2) is 6.29 Å². The Morgan fingerprint density at radius 3 is 2.53 bits per heavy atom. The lowest BCUT2D eigenvalue weighted by atomic mass is 9.88. The van der Waals surface area contributed by atoms with Crippen LogP contribution in [-0.4, -0.2) is 50.8 Å². The van der Waals surface area contributed by atoms with Gasteiger partial charge in [0.1, 0.15) is 6.10 Å². The maximum Gasteiger partial charge on any atom is 0.302 e. The first kappa shape index (κ1) is 24.7. The van der Waals surface area contributed by atoms with Crippen molar-refractivity contribution in [3.8, 4) is 0 Å². The van der Waals surface area contributed by atoms with Gasteiger partial charge >= 0.3 is 11.9 Å². The van der Waals surface area contributed by atoms with Crippen LogP contribution in [0.4, 0.5) is 0 Å². The molecule has 0 bridgehead atoms. The van der Waals surface area contributed by atoms with Crippen molar-refractivity contribution in [2.45, 2.75) is 65.0 Å². The van der Waals surface area contributed by atoms with Gasteiger partial charge in [-0.25, -0.2) is 0 Å². The summed E-state index contributed by atoms with van der Waals surface area (Å²) in [4.78, 5) is 23.2. The van der Waals surface area contributed by atoms with E-state index in [0.29, 0.717) is 32.8 Å². The zero-order valence-corrected chi connectivity index (χ0v) is 19.2. The molecule has 1 aliphatic carbocycles. The van der Waals surface area contributed by atoms with Crippen molar-refractivity contribution in [3.63, 3.8) is 0 Å². The molecule has 178 valence electrons. The maximum absolute atomic E-state index is 11.8. The molecule has 0 amide bonds. The molecule has 1 aromatic carbocycles. The van der Waals surface area contributed by atoms with Gasteiger partial charge in [-0.1, -0.05) is 30.3 Å². The average Bonchev–Trinajstić information content (AvgIpc) is 3.10. The smallest absolute Gasteiger partial charge is 0.302 e. The Balaban J connectivity index is 1.62. The predicted octanol–water partition coefficient (Wildman–Crippen LogP) is 3.88. The number of rotatable bonds is 11. The van der Waals surface area contributed by atoms with Crippen LogP contribution in [-0.2, 0) is 39.9 Å². The number of esters is 2. The number of hydrogen-bond acceptors (Lipinski definition) is 7. The summed E-state index contributed by atoms with van der Waals surface area (Å²) in [5.74, 6) is -0.387. The summed E-state index contributed by atoms with van der Waals surface area (Å²) in [7, 11) is 0. The first-order valence-electron chi connectivity index (χ1n) is 11.7. The molecule has 7 heteroatoms. The summed E-state index contributed by atoms with van der Waals surface area (Å²) in [5, 5.41) is 0. The van der Waals surface area contributed by atoms with E-state index in [1.165, 1.54) is 13.8 Å². The molecular weight excluding hydrogens is 412 g/mol. The number of carbonyl (C=O) groups is 2. The summed E-state index contributed by atoms with van der Waals surface area (Å²) < 4.78 is 28.8. The molecule has 1 aliphatic heterocycles. The van der Waals surface area contributed by atoms with Gasteiger partial charge in [0.25, 0.3) is 0 Å². The molecule has 1 heterocycles. The zero-order chi connectivity index (χ0) is 22.8. The molecule has 7 nitrogen and oxygen atoms in total. The highest BCUT2D eigenvalue weighted by atomic mass is 16.7. The van der Waals surface area contributed by atoms with E-state index in [0.717, 1.165) is 37.9 Å². The lowest BCUT2D eigenvalue weighted by molar-refractivity contribution is -0.176. The van der Waals surface area contributed by atoms with Crippen LogP contribution >= 0.6 is 0 Å². The van der Waals surface area contributed by atoms with E-state index >= 15 is 0 Å². The van der Waals surface area contributed by atoms with Crippen molar-refractivity contribution in [2.24, 2.45) is 17.8 Å². The van der Waals surface area contributed by atoms with Crippen LogP contribution in [0.25, 0.3) is 0 Å². The lowest BCUT2D eigenvalue weighted by Gasteiger charge is -2.29. The van der Waals surface area contributed by atoms with Crippen LogP contribution < -0.4 is 0 Å². The third-order valence-corrected chi connectivity index (χ3v) is 6.31. The highest BCUT2D eigenvalue weighted by Gasteiger charge is 2.45. The Hall–Kier alpha value is -1.96. The van der Waals surface area contributed by atoms with E-state index in [1.807, 2.05) is 30.3 Å². The molecule has 0 radical (unpaired) electrons. The molecule has 1 aromatic rings. The Kier molecular flexibility index (Phi) is 9.96. The first-order valence-corrected chi connectivity index (χ1v) is 11.7. The molecule has 0 N–H and O–H groups in total. The Morgan fingerprint density at radius 1 is 1.03 bits per heavy atom. The number of hydrogen-bond donors (Lipinski definition) is 0. The fourth-order valence-electron chi connectivity index (χ4n) is 4.74. The third kappa shape index (κ3) is 7.87. The van der Waals surface area contributed by atoms with Gasteiger partial charge in [-0.2, -0.15) is 0 Å². The Morgan fingerprint density at radius 2 is 1.84 bits per heavy atom. The van der Waals surface area contributed by atoms with Gasteiger partial charge in [-0.05, 0) is 43.6 Å². The number of benzene rings is 1. The standard InChI is InChI=1S/C25H36O7/c1-18(26)30-16-21-14-24(32-19(2)27)22(11-13-28-15-20-8-4-3-5-9-20)23(21)17-31-25-10-6-7-12-29-25/h3-5,8-9,21-25H,6-7,10-17H2,1-2H3. The van der Waals surface area contributed by atoms with Gasteiger partial charge < -0.3 is 23.7 Å². The molecule has 2 aliphatic rings. The second-order valence-corrected chi connectivity index (χ2v) is 8.73. The summed E-state index contributed by atoms with van der Waals surface area (Å²) in [6.45, 7) is 5.44. The molecule has 2 fully saturated rings. The van der Waals surface area contributed by atoms with E-state index in [2.05, 4.69) is 0 Å². The minimum absolute atomic E-state index is 0.0611. The summed E-state index contributed by atoms with van der Waals surface area (Å²) >= 11 is 0. The van der Waals surface area contributed by atoms with Crippen LogP contribution in [0, 0.1) is 17.8 Å². The predicted molar refractivity (Wildman–Crippen MR) is 118 cm³/mol. The van der Waals surface area contributed by atoms with Gasteiger partial charge in [0, 0.05) is 38.9 Å². The molecule has 1 saturated carbocycles. The van der Waals surface area contributed by atoms with E-state index < -0.39 is 0 Å². The SMILES string of the molecule is CC(=O)OCC1CC(OC(C)=O)C(CCOCc2ccccc2)C1COC1CCCCO1. The van der Waals surface area contributed by atoms with Crippen LogP contribution in [0.3, 0.4) is 0 Å². The average molecular weight is 449 g/mol. The monoisotopic (exact) mass is 448 g/mol. The number of carbonyl (C=O) groups excluding carboxylic acids is 2. The fraction of sp³-hybridized carbons (Fsp3) is 0.680. The minimum atomic E-state index is -0.307. The van der Waals surface area contributed by atoms with Gasteiger partial charge in [0.2, 0.25) is 0 Å². The molecule has 1 saturated heterocycles. The molecular formula is C25H36O7. The fourth-order valence-corrected chi connectivity index (χ4v) is 4.74. The van der Waals surface area contributed by atoms with Crippen LogP contribution in [0.5, 0.6) is 0 Å². The molecule has 0 aromatic heterocycles. The first-order chi connectivity index (χ1) is 15.5. The molecule has 0 spiro atoms. The largest absolute Gasteiger partial charge is 0.466 e.